The molecule has 2 heterocycles. The first-order chi connectivity index (χ1) is 12.5. The highest BCUT2D eigenvalue weighted by Crippen LogP contribution is 2.42. The number of benzene rings is 1. The molecule has 26 heavy (non-hydrogen) atoms. The summed E-state index contributed by atoms with van der Waals surface area (Å²) in [4.78, 5) is 12.7. The van der Waals surface area contributed by atoms with Gasteiger partial charge in [-0.25, -0.2) is 4.39 Å². The monoisotopic (exact) mass is 391 g/mol. The number of nitrogens with zero attached hydrogens (tertiary/aromatic N) is 1. The lowest BCUT2D eigenvalue weighted by molar-refractivity contribution is 0.523. The van der Waals surface area contributed by atoms with Crippen LogP contribution in [0, 0.1) is 19.7 Å². The average molecular weight is 392 g/mol. The van der Waals surface area contributed by atoms with E-state index < -0.39 is 0 Å². The first kappa shape index (κ1) is 17.8. The molecule has 4 rings (SSSR count). The van der Waals surface area contributed by atoms with Gasteiger partial charge in [-0.15, -0.1) is 11.8 Å². The lowest BCUT2D eigenvalue weighted by Gasteiger charge is -2.26. The van der Waals surface area contributed by atoms with Crippen LogP contribution in [0.1, 0.15) is 30.4 Å². The Morgan fingerprint density at radius 3 is 2.77 bits per heavy atom. The maximum absolute atomic E-state index is 14.4. The molecule has 1 saturated carbocycles. The molecular weight excluding hydrogens is 369 g/mol. The van der Waals surface area contributed by atoms with Crippen molar-refractivity contribution in [2.75, 3.05) is 15.8 Å². The van der Waals surface area contributed by atoms with E-state index in [1.807, 2.05) is 24.5 Å². The highest BCUT2D eigenvalue weighted by molar-refractivity contribution is 8.01. The summed E-state index contributed by atoms with van der Waals surface area (Å²) in [6, 6.07) is 5.10. The van der Waals surface area contributed by atoms with Gasteiger partial charge >= 0.3 is 0 Å². The van der Waals surface area contributed by atoms with Gasteiger partial charge in [-0.2, -0.15) is 0 Å². The molecule has 4 nitrogen and oxygen atoms in total. The van der Waals surface area contributed by atoms with Crippen molar-refractivity contribution in [3.63, 3.8) is 0 Å². The molecule has 0 atom stereocenters. The summed E-state index contributed by atoms with van der Waals surface area (Å²) in [6.45, 7) is 4.40. The van der Waals surface area contributed by atoms with E-state index in [-0.39, 0.29) is 11.4 Å². The quantitative estimate of drug-likeness (QED) is 0.697. The topological polar surface area (TPSA) is 46.1 Å². The van der Waals surface area contributed by atoms with Crippen molar-refractivity contribution in [3.8, 4) is 0 Å². The molecule has 2 aromatic rings. The predicted molar refractivity (Wildman–Crippen MR) is 109 cm³/mol. The predicted octanol–water partition coefficient (Wildman–Crippen LogP) is 5.07. The minimum Gasteiger partial charge on any atom is -0.351 e. The Kier molecular flexibility index (Phi) is 4.92. The fourth-order valence-electron chi connectivity index (χ4n) is 3.16. The van der Waals surface area contributed by atoms with Crippen LogP contribution in [0.5, 0.6) is 0 Å². The van der Waals surface area contributed by atoms with E-state index in [2.05, 4.69) is 10.0 Å². The molecule has 0 amide bonds. The highest BCUT2D eigenvalue weighted by atomic mass is 32.2. The summed E-state index contributed by atoms with van der Waals surface area (Å²) in [5.74, 6) is 0.579. The van der Waals surface area contributed by atoms with Crippen molar-refractivity contribution in [2.45, 2.75) is 49.9 Å². The second-order valence-electron chi connectivity index (χ2n) is 6.87. The van der Waals surface area contributed by atoms with Gasteiger partial charge in [0.2, 0.25) is 0 Å². The number of rotatable bonds is 5. The lowest BCUT2D eigenvalue weighted by atomic mass is 10.0. The first-order valence-corrected chi connectivity index (χ1v) is 10.8. The molecule has 0 spiro atoms. The standard InChI is InChI=1S/C19H22FN3OS2/c1-11-6-7-15(14(20)10-11)21-16-12(2)18(24)23-8-9-25-19(23)17(16)22-26-13-4-3-5-13/h6-7,10,13,21-22H,3-5,8-9H2,1-2H3. The third-order valence-electron chi connectivity index (χ3n) is 4.97. The molecule has 2 N–H and O–H groups in total. The average Bonchev–Trinajstić information content (AvgIpc) is 3.05. The Balaban J connectivity index is 1.75. The molecule has 1 aromatic carbocycles. The first-order valence-electron chi connectivity index (χ1n) is 8.89. The Morgan fingerprint density at radius 1 is 1.27 bits per heavy atom. The summed E-state index contributed by atoms with van der Waals surface area (Å²) in [6.07, 6.45) is 3.71. The molecule has 7 heteroatoms. The number of thioether (sulfide) groups is 1. The third kappa shape index (κ3) is 3.22. The van der Waals surface area contributed by atoms with Crippen LogP contribution in [0.15, 0.2) is 28.0 Å². The van der Waals surface area contributed by atoms with Gasteiger partial charge in [0.15, 0.2) is 0 Å². The minimum atomic E-state index is -0.310. The van der Waals surface area contributed by atoms with Crippen molar-refractivity contribution < 1.29 is 4.39 Å². The minimum absolute atomic E-state index is 0.000728. The molecule has 2 aliphatic rings. The largest absolute Gasteiger partial charge is 0.351 e. The van der Waals surface area contributed by atoms with Crippen LogP contribution < -0.4 is 15.6 Å². The summed E-state index contributed by atoms with van der Waals surface area (Å²) in [5.41, 5.74) is 3.47. The molecule has 1 fully saturated rings. The van der Waals surface area contributed by atoms with Crippen LogP contribution in [0.4, 0.5) is 21.5 Å². The number of nitrogens with one attached hydrogen (secondary N) is 2. The second-order valence-corrected chi connectivity index (χ2v) is 9.06. The van der Waals surface area contributed by atoms with Crippen LogP contribution in [0.25, 0.3) is 0 Å². The van der Waals surface area contributed by atoms with Crippen LogP contribution in [-0.4, -0.2) is 15.6 Å². The molecule has 0 bridgehead atoms. The lowest BCUT2D eigenvalue weighted by Crippen LogP contribution is -2.24. The van der Waals surface area contributed by atoms with Crippen LogP contribution in [0.2, 0.25) is 0 Å². The zero-order valence-corrected chi connectivity index (χ0v) is 16.5. The number of aromatic nitrogens is 1. The van der Waals surface area contributed by atoms with Gasteiger partial charge in [0.1, 0.15) is 10.8 Å². The van der Waals surface area contributed by atoms with E-state index in [0.717, 1.165) is 28.6 Å². The molecule has 138 valence electrons. The maximum Gasteiger partial charge on any atom is 0.256 e. The Bertz CT molecular complexity index is 909. The van der Waals surface area contributed by atoms with Crippen LogP contribution in [0.3, 0.4) is 0 Å². The smallest absolute Gasteiger partial charge is 0.256 e. The Morgan fingerprint density at radius 2 is 2.08 bits per heavy atom. The maximum atomic E-state index is 14.4. The second kappa shape index (κ2) is 7.19. The fraction of sp³-hybridized carbons (Fsp3) is 0.421. The Labute approximate surface area is 161 Å². The third-order valence-corrected chi connectivity index (χ3v) is 7.18. The molecule has 1 aliphatic carbocycles. The van der Waals surface area contributed by atoms with Gasteiger partial charge in [0, 0.05) is 23.1 Å². The zero-order chi connectivity index (χ0) is 18.3. The van der Waals surface area contributed by atoms with Gasteiger partial charge in [0.05, 0.1) is 17.1 Å². The summed E-state index contributed by atoms with van der Waals surface area (Å²) in [7, 11) is 0. The van der Waals surface area contributed by atoms with Gasteiger partial charge in [-0.05, 0) is 56.3 Å². The molecule has 0 saturated heterocycles. The van der Waals surface area contributed by atoms with Gasteiger partial charge in [0.25, 0.3) is 5.56 Å². The summed E-state index contributed by atoms with van der Waals surface area (Å²) < 4.78 is 19.7. The summed E-state index contributed by atoms with van der Waals surface area (Å²) in [5, 5.41) is 4.75. The van der Waals surface area contributed by atoms with Crippen LogP contribution >= 0.6 is 23.7 Å². The van der Waals surface area contributed by atoms with Crippen LogP contribution in [-0.2, 0) is 6.54 Å². The van der Waals surface area contributed by atoms with E-state index in [1.165, 1.54) is 25.3 Å². The van der Waals surface area contributed by atoms with Gasteiger partial charge in [-0.1, -0.05) is 12.5 Å². The zero-order valence-electron chi connectivity index (χ0n) is 14.9. The number of hydrogen-bond donors (Lipinski definition) is 2. The number of halogens is 1. The van der Waals surface area contributed by atoms with Crippen molar-refractivity contribution in [1.82, 2.24) is 4.57 Å². The van der Waals surface area contributed by atoms with Gasteiger partial charge in [-0.3, -0.25) is 4.79 Å². The molecule has 0 radical (unpaired) electrons. The molecule has 0 unspecified atom stereocenters. The number of anilines is 3. The van der Waals surface area contributed by atoms with Crippen molar-refractivity contribution in [2.24, 2.45) is 0 Å². The molecular formula is C19H22FN3OS2. The Hall–Kier alpha value is -1.60. The van der Waals surface area contributed by atoms with E-state index >= 15 is 0 Å². The normalized spacial score (nSPS) is 16.3. The number of fused-ring (bicyclic) bond motifs is 1. The van der Waals surface area contributed by atoms with Crippen molar-refractivity contribution in [3.05, 3.63) is 45.5 Å². The van der Waals surface area contributed by atoms with Crippen molar-refractivity contribution in [1.29, 1.82) is 0 Å². The van der Waals surface area contributed by atoms with E-state index in [0.29, 0.717) is 22.2 Å². The fourth-order valence-corrected chi connectivity index (χ4v) is 5.37. The van der Waals surface area contributed by atoms with Gasteiger partial charge < -0.3 is 14.6 Å². The highest BCUT2D eigenvalue weighted by Gasteiger charge is 2.26. The molecule has 1 aliphatic heterocycles. The van der Waals surface area contributed by atoms with Crippen molar-refractivity contribution >= 4 is 40.8 Å². The SMILES string of the molecule is Cc1ccc(Nc2c(NSC3CCC3)c3n(c(=O)c2C)CCS3)c(F)c1. The van der Waals surface area contributed by atoms with E-state index in [1.54, 1.807) is 29.8 Å². The number of hydrogen-bond acceptors (Lipinski definition) is 5. The molecule has 1 aromatic heterocycles. The number of pyridine rings is 1. The number of aryl methyl sites for hydroxylation is 1. The van der Waals surface area contributed by atoms with E-state index in [9.17, 15) is 9.18 Å². The summed E-state index contributed by atoms with van der Waals surface area (Å²) >= 11 is 3.40. The van der Waals surface area contributed by atoms with E-state index in [4.69, 9.17) is 0 Å².